The van der Waals surface area contributed by atoms with Crippen LogP contribution < -0.4 is 4.90 Å². The molecule has 1 fully saturated rings. The second-order valence-corrected chi connectivity index (χ2v) is 4.94. The Bertz CT molecular complexity index is 376. The van der Waals surface area contributed by atoms with Gasteiger partial charge < -0.3 is 9.64 Å². The second-order valence-electron chi connectivity index (χ2n) is 4.67. The predicted octanol–water partition coefficient (Wildman–Crippen LogP) is 3.35. The second kappa shape index (κ2) is 5.74. The summed E-state index contributed by atoms with van der Waals surface area (Å²) in [5, 5.41) is 0. The summed E-state index contributed by atoms with van der Waals surface area (Å²) < 4.78 is 5.19. The van der Waals surface area contributed by atoms with Gasteiger partial charge in [-0.2, -0.15) is 0 Å². The Morgan fingerprint density at radius 2 is 2.18 bits per heavy atom. The lowest BCUT2D eigenvalue weighted by molar-refractivity contribution is 0.205. The van der Waals surface area contributed by atoms with Gasteiger partial charge in [0, 0.05) is 31.3 Å². The van der Waals surface area contributed by atoms with Gasteiger partial charge >= 0.3 is 0 Å². The normalized spacial score (nSPS) is 15.0. The highest BCUT2D eigenvalue weighted by Crippen LogP contribution is 2.33. The van der Waals surface area contributed by atoms with Crippen LogP contribution in [0.3, 0.4) is 0 Å². The van der Waals surface area contributed by atoms with Gasteiger partial charge in [-0.25, -0.2) is 0 Å². The van der Waals surface area contributed by atoms with Crippen LogP contribution in [-0.4, -0.2) is 26.3 Å². The van der Waals surface area contributed by atoms with Crippen molar-refractivity contribution in [3.8, 4) is 0 Å². The molecule has 0 bridgehead atoms. The maximum absolute atomic E-state index is 5.86. The Hall–Kier alpha value is -0.730. The maximum Gasteiger partial charge on any atom is 0.0637 e. The molecule has 1 aromatic carbocycles. The third-order valence-electron chi connectivity index (χ3n) is 3.25. The molecule has 0 radical (unpaired) electrons. The zero-order valence-corrected chi connectivity index (χ0v) is 11.3. The smallest absolute Gasteiger partial charge is 0.0637 e. The maximum atomic E-state index is 5.86. The SMILES string of the molecule is COCCN(c1ccc(CCl)cc1C)C1CC1. The fourth-order valence-electron chi connectivity index (χ4n) is 2.20. The van der Waals surface area contributed by atoms with Crippen molar-refractivity contribution in [3.05, 3.63) is 29.3 Å². The summed E-state index contributed by atoms with van der Waals surface area (Å²) in [5.74, 6) is 0.586. The zero-order chi connectivity index (χ0) is 12.3. The van der Waals surface area contributed by atoms with E-state index in [9.17, 15) is 0 Å². The van der Waals surface area contributed by atoms with Gasteiger partial charge in [-0.1, -0.05) is 12.1 Å². The number of benzene rings is 1. The van der Waals surface area contributed by atoms with Crippen LogP contribution in [0.2, 0.25) is 0 Å². The van der Waals surface area contributed by atoms with Gasteiger partial charge in [-0.3, -0.25) is 0 Å². The van der Waals surface area contributed by atoms with Crippen molar-refractivity contribution in [2.24, 2.45) is 0 Å². The first-order chi connectivity index (χ1) is 8.26. The number of hydrogen-bond donors (Lipinski definition) is 0. The van der Waals surface area contributed by atoms with E-state index < -0.39 is 0 Å². The van der Waals surface area contributed by atoms with E-state index in [1.165, 1.54) is 29.7 Å². The van der Waals surface area contributed by atoms with Crippen molar-refractivity contribution in [2.45, 2.75) is 31.7 Å². The number of alkyl halides is 1. The number of ether oxygens (including phenoxy) is 1. The van der Waals surface area contributed by atoms with Crippen molar-refractivity contribution in [1.82, 2.24) is 0 Å². The topological polar surface area (TPSA) is 12.5 Å². The van der Waals surface area contributed by atoms with Gasteiger partial charge in [-0.15, -0.1) is 11.6 Å². The summed E-state index contributed by atoms with van der Waals surface area (Å²) in [7, 11) is 1.76. The molecule has 1 aliphatic carbocycles. The third-order valence-corrected chi connectivity index (χ3v) is 3.56. The van der Waals surface area contributed by atoms with E-state index in [0.717, 1.165) is 13.2 Å². The van der Waals surface area contributed by atoms with E-state index in [0.29, 0.717) is 11.9 Å². The van der Waals surface area contributed by atoms with Crippen molar-refractivity contribution >= 4 is 17.3 Å². The summed E-state index contributed by atoms with van der Waals surface area (Å²) in [6.07, 6.45) is 2.61. The molecule has 94 valence electrons. The fourth-order valence-corrected chi connectivity index (χ4v) is 2.36. The van der Waals surface area contributed by atoms with E-state index in [4.69, 9.17) is 16.3 Å². The highest BCUT2D eigenvalue weighted by molar-refractivity contribution is 6.17. The molecule has 0 unspecified atom stereocenters. The molecule has 17 heavy (non-hydrogen) atoms. The fraction of sp³-hybridized carbons (Fsp3) is 0.571. The Kier molecular flexibility index (Phi) is 4.30. The molecule has 0 aliphatic heterocycles. The van der Waals surface area contributed by atoms with Gasteiger partial charge in [0.1, 0.15) is 0 Å². The highest BCUT2D eigenvalue weighted by atomic mass is 35.5. The molecule has 2 nitrogen and oxygen atoms in total. The third kappa shape index (κ3) is 3.14. The van der Waals surface area contributed by atoms with Crippen LogP contribution in [0.5, 0.6) is 0 Å². The summed E-state index contributed by atoms with van der Waals surface area (Å²) in [6.45, 7) is 3.92. The average molecular weight is 254 g/mol. The molecule has 1 saturated carbocycles. The van der Waals surface area contributed by atoms with Gasteiger partial charge in [0.2, 0.25) is 0 Å². The molecule has 1 aliphatic rings. The molecule has 1 aromatic rings. The summed E-state index contributed by atoms with van der Waals surface area (Å²) >= 11 is 5.86. The minimum absolute atomic E-state index is 0.586. The Labute approximate surface area is 109 Å². The average Bonchev–Trinajstić information content (AvgIpc) is 3.15. The first kappa shape index (κ1) is 12.7. The van der Waals surface area contributed by atoms with E-state index in [2.05, 4.69) is 30.0 Å². The van der Waals surface area contributed by atoms with E-state index in [1.54, 1.807) is 7.11 Å². The van der Waals surface area contributed by atoms with Crippen molar-refractivity contribution in [1.29, 1.82) is 0 Å². The molecule has 3 heteroatoms. The number of rotatable bonds is 6. The lowest BCUT2D eigenvalue weighted by Crippen LogP contribution is -2.30. The van der Waals surface area contributed by atoms with Crippen LogP contribution >= 0.6 is 11.6 Å². The quantitative estimate of drug-likeness (QED) is 0.721. The highest BCUT2D eigenvalue weighted by Gasteiger charge is 2.29. The number of anilines is 1. The van der Waals surface area contributed by atoms with Crippen LogP contribution in [-0.2, 0) is 10.6 Å². The first-order valence-electron chi connectivity index (χ1n) is 6.17. The predicted molar refractivity (Wildman–Crippen MR) is 73.0 cm³/mol. The van der Waals surface area contributed by atoms with Gasteiger partial charge in [-0.05, 0) is 37.0 Å². The summed E-state index contributed by atoms with van der Waals surface area (Å²) in [5.41, 5.74) is 3.83. The van der Waals surface area contributed by atoms with Gasteiger partial charge in [0.05, 0.1) is 6.61 Å². The number of methoxy groups -OCH3 is 1. The molecule has 0 N–H and O–H groups in total. The Morgan fingerprint density at radius 1 is 1.41 bits per heavy atom. The molecular formula is C14H20ClNO. The first-order valence-corrected chi connectivity index (χ1v) is 6.70. The van der Waals surface area contributed by atoms with Crippen LogP contribution in [0.4, 0.5) is 5.69 Å². The standard InChI is InChI=1S/C14H20ClNO/c1-11-9-12(10-15)3-6-14(11)16(7-8-17-2)13-4-5-13/h3,6,9,13H,4-5,7-8,10H2,1-2H3. The van der Waals surface area contributed by atoms with Crippen molar-refractivity contribution in [3.63, 3.8) is 0 Å². The van der Waals surface area contributed by atoms with Crippen molar-refractivity contribution in [2.75, 3.05) is 25.2 Å². The number of aryl methyl sites for hydroxylation is 1. The monoisotopic (exact) mass is 253 g/mol. The molecular weight excluding hydrogens is 234 g/mol. The Balaban J connectivity index is 2.16. The number of nitrogens with zero attached hydrogens (tertiary/aromatic N) is 1. The lowest BCUT2D eigenvalue weighted by atomic mass is 10.1. The van der Waals surface area contributed by atoms with Crippen LogP contribution in [0.1, 0.15) is 24.0 Å². The largest absolute Gasteiger partial charge is 0.383 e. The summed E-state index contributed by atoms with van der Waals surface area (Å²) in [6, 6.07) is 7.22. The van der Waals surface area contributed by atoms with Crippen LogP contribution in [0.25, 0.3) is 0 Å². The van der Waals surface area contributed by atoms with E-state index in [-0.39, 0.29) is 0 Å². The molecule has 0 saturated heterocycles. The van der Waals surface area contributed by atoms with Crippen molar-refractivity contribution < 1.29 is 4.74 Å². The van der Waals surface area contributed by atoms with Crippen LogP contribution in [0.15, 0.2) is 18.2 Å². The van der Waals surface area contributed by atoms with Gasteiger partial charge in [0.25, 0.3) is 0 Å². The number of halogens is 1. The minimum Gasteiger partial charge on any atom is -0.383 e. The molecule has 0 heterocycles. The van der Waals surface area contributed by atoms with E-state index in [1.807, 2.05) is 0 Å². The van der Waals surface area contributed by atoms with E-state index >= 15 is 0 Å². The molecule has 0 spiro atoms. The molecule has 0 amide bonds. The Morgan fingerprint density at radius 3 is 2.71 bits per heavy atom. The van der Waals surface area contributed by atoms with Crippen LogP contribution in [0, 0.1) is 6.92 Å². The van der Waals surface area contributed by atoms with Gasteiger partial charge in [0.15, 0.2) is 0 Å². The molecule has 2 rings (SSSR count). The molecule has 0 aromatic heterocycles. The summed E-state index contributed by atoms with van der Waals surface area (Å²) in [4.78, 5) is 2.47. The minimum atomic E-state index is 0.586. The zero-order valence-electron chi connectivity index (χ0n) is 10.6. The number of hydrogen-bond acceptors (Lipinski definition) is 2. The molecule has 0 atom stereocenters. The lowest BCUT2D eigenvalue weighted by Gasteiger charge is -2.26.